The van der Waals surface area contributed by atoms with Crippen LogP contribution in [0.5, 0.6) is 5.75 Å². The Morgan fingerprint density at radius 3 is 2.75 bits per heavy atom. The maximum Gasteiger partial charge on any atom is 0.150 e. The third-order valence-corrected chi connectivity index (χ3v) is 3.27. The highest BCUT2D eigenvalue weighted by molar-refractivity contribution is 5.76. The molecule has 0 radical (unpaired) electrons. The summed E-state index contributed by atoms with van der Waals surface area (Å²) in [5.74, 6) is 1.53. The van der Waals surface area contributed by atoms with Crippen molar-refractivity contribution in [3.05, 3.63) is 29.3 Å². The fourth-order valence-electron chi connectivity index (χ4n) is 2.48. The Balaban J connectivity index is 2.30. The average molecular weight is 218 g/mol. The van der Waals surface area contributed by atoms with Crippen molar-refractivity contribution in [1.82, 2.24) is 0 Å². The molecule has 0 bridgehead atoms. The van der Waals surface area contributed by atoms with Gasteiger partial charge in [0, 0.05) is 5.56 Å². The van der Waals surface area contributed by atoms with E-state index < -0.39 is 0 Å². The minimum Gasteiger partial charge on any atom is -0.494 e. The largest absolute Gasteiger partial charge is 0.494 e. The maximum absolute atomic E-state index is 10.7. The van der Waals surface area contributed by atoms with Crippen molar-refractivity contribution in [2.45, 2.75) is 38.5 Å². The molecule has 1 fully saturated rings. The van der Waals surface area contributed by atoms with Crippen LogP contribution < -0.4 is 4.74 Å². The number of carbonyl (C=O) groups is 1. The first-order valence-corrected chi connectivity index (χ1v) is 6.07. The highest BCUT2D eigenvalue weighted by atomic mass is 16.5. The number of ether oxygens (including phenoxy) is 1. The first kappa shape index (κ1) is 11.2. The predicted octanol–water partition coefficient (Wildman–Crippen LogP) is 3.56. The molecule has 2 heteroatoms. The van der Waals surface area contributed by atoms with Crippen LogP contribution in [0.15, 0.2) is 18.2 Å². The Morgan fingerprint density at radius 2 is 2.12 bits per heavy atom. The average Bonchev–Trinajstić information content (AvgIpc) is 2.83. The van der Waals surface area contributed by atoms with E-state index >= 15 is 0 Å². The van der Waals surface area contributed by atoms with Crippen LogP contribution in [0.4, 0.5) is 0 Å². The van der Waals surface area contributed by atoms with E-state index in [1.165, 1.54) is 31.2 Å². The zero-order chi connectivity index (χ0) is 11.4. The molecule has 0 unspecified atom stereocenters. The summed E-state index contributed by atoms with van der Waals surface area (Å²) in [4.78, 5) is 10.7. The van der Waals surface area contributed by atoms with Gasteiger partial charge in [0.15, 0.2) is 0 Å². The molecule has 1 aliphatic rings. The second-order valence-electron chi connectivity index (χ2n) is 4.33. The van der Waals surface area contributed by atoms with Crippen LogP contribution in [-0.4, -0.2) is 12.9 Å². The molecular formula is C14H18O2. The minimum absolute atomic E-state index is 0.627. The topological polar surface area (TPSA) is 26.3 Å². The molecule has 1 aromatic rings. The van der Waals surface area contributed by atoms with Gasteiger partial charge in [0.2, 0.25) is 0 Å². The van der Waals surface area contributed by atoms with Gasteiger partial charge in [-0.2, -0.15) is 0 Å². The molecule has 16 heavy (non-hydrogen) atoms. The monoisotopic (exact) mass is 218 g/mol. The third-order valence-electron chi connectivity index (χ3n) is 3.27. The normalized spacial score (nSPS) is 16.3. The predicted molar refractivity (Wildman–Crippen MR) is 64.2 cm³/mol. The number of carbonyl (C=O) groups excluding carboxylic acids is 1. The molecule has 0 atom stereocenters. The summed E-state index contributed by atoms with van der Waals surface area (Å²) < 4.78 is 5.63. The van der Waals surface area contributed by atoms with E-state index in [9.17, 15) is 4.79 Å². The molecule has 1 saturated carbocycles. The van der Waals surface area contributed by atoms with Gasteiger partial charge in [-0.15, -0.1) is 0 Å². The van der Waals surface area contributed by atoms with Gasteiger partial charge in [0.25, 0.3) is 0 Å². The zero-order valence-electron chi connectivity index (χ0n) is 9.74. The fraction of sp³-hybridized carbons (Fsp3) is 0.500. The van der Waals surface area contributed by atoms with E-state index in [0.717, 1.165) is 12.0 Å². The second kappa shape index (κ2) is 5.15. The Bertz CT molecular complexity index is 365. The first-order chi connectivity index (χ1) is 7.85. The molecule has 0 N–H and O–H groups in total. The van der Waals surface area contributed by atoms with Crippen molar-refractivity contribution < 1.29 is 9.53 Å². The molecule has 2 rings (SSSR count). The molecule has 2 nitrogen and oxygen atoms in total. The Morgan fingerprint density at radius 1 is 1.38 bits per heavy atom. The summed E-state index contributed by atoms with van der Waals surface area (Å²) >= 11 is 0. The van der Waals surface area contributed by atoms with Crippen LogP contribution in [0, 0.1) is 0 Å². The highest BCUT2D eigenvalue weighted by Gasteiger charge is 2.20. The number of aldehydes is 1. The lowest BCUT2D eigenvalue weighted by atomic mass is 9.95. The van der Waals surface area contributed by atoms with Crippen LogP contribution in [0.25, 0.3) is 0 Å². The van der Waals surface area contributed by atoms with Crippen molar-refractivity contribution >= 4 is 6.29 Å². The summed E-state index contributed by atoms with van der Waals surface area (Å²) in [6.07, 6.45) is 6.00. The molecule has 0 heterocycles. The van der Waals surface area contributed by atoms with Gasteiger partial charge in [0.05, 0.1) is 6.61 Å². The standard InChI is InChI=1S/C14H18O2/c1-2-16-14-9-11(10-15)7-8-13(14)12-5-3-4-6-12/h7-10,12H,2-6H2,1H3. The number of benzene rings is 1. The third kappa shape index (κ3) is 2.26. The van der Waals surface area contributed by atoms with Crippen LogP contribution in [0.3, 0.4) is 0 Å². The summed E-state index contributed by atoms with van der Waals surface area (Å²) in [5.41, 5.74) is 1.98. The van der Waals surface area contributed by atoms with Gasteiger partial charge in [-0.25, -0.2) is 0 Å². The van der Waals surface area contributed by atoms with Crippen molar-refractivity contribution in [3.8, 4) is 5.75 Å². The zero-order valence-corrected chi connectivity index (χ0v) is 9.74. The highest BCUT2D eigenvalue weighted by Crippen LogP contribution is 2.38. The van der Waals surface area contributed by atoms with E-state index in [0.29, 0.717) is 18.1 Å². The van der Waals surface area contributed by atoms with E-state index in [1.807, 2.05) is 19.1 Å². The fourth-order valence-corrected chi connectivity index (χ4v) is 2.48. The van der Waals surface area contributed by atoms with Gasteiger partial charge >= 0.3 is 0 Å². The van der Waals surface area contributed by atoms with Crippen molar-refractivity contribution in [2.24, 2.45) is 0 Å². The summed E-state index contributed by atoms with van der Waals surface area (Å²) in [6, 6.07) is 5.82. The van der Waals surface area contributed by atoms with Crippen molar-refractivity contribution in [1.29, 1.82) is 0 Å². The lowest BCUT2D eigenvalue weighted by molar-refractivity contribution is 0.112. The number of hydrogen-bond donors (Lipinski definition) is 0. The Labute approximate surface area is 96.6 Å². The maximum atomic E-state index is 10.7. The Kier molecular flexibility index (Phi) is 3.60. The Hall–Kier alpha value is -1.31. The lowest BCUT2D eigenvalue weighted by Gasteiger charge is -2.15. The summed E-state index contributed by atoms with van der Waals surface area (Å²) in [5, 5.41) is 0. The molecule has 86 valence electrons. The van der Waals surface area contributed by atoms with Gasteiger partial charge < -0.3 is 4.74 Å². The smallest absolute Gasteiger partial charge is 0.150 e. The van der Waals surface area contributed by atoms with Gasteiger partial charge in [-0.3, -0.25) is 4.79 Å². The molecule has 1 aromatic carbocycles. The SMILES string of the molecule is CCOc1cc(C=O)ccc1C1CCCC1. The van der Waals surface area contributed by atoms with Crippen LogP contribution in [0.1, 0.15) is 54.4 Å². The van der Waals surface area contributed by atoms with Crippen LogP contribution >= 0.6 is 0 Å². The molecule has 0 saturated heterocycles. The van der Waals surface area contributed by atoms with Gasteiger partial charge in [-0.05, 0) is 37.3 Å². The minimum atomic E-state index is 0.627. The number of hydrogen-bond acceptors (Lipinski definition) is 2. The quantitative estimate of drug-likeness (QED) is 0.722. The van der Waals surface area contributed by atoms with E-state index in [1.54, 1.807) is 0 Å². The lowest BCUT2D eigenvalue weighted by Crippen LogP contribution is -2.01. The molecule has 0 spiro atoms. The van der Waals surface area contributed by atoms with E-state index in [-0.39, 0.29) is 0 Å². The molecule has 0 amide bonds. The van der Waals surface area contributed by atoms with Crippen LogP contribution in [-0.2, 0) is 0 Å². The van der Waals surface area contributed by atoms with Gasteiger partial charge in [0.1, 0.15) is 12.0 Å². The molecule has 0 aromatic heterocycles. The van der Waals surface area contributed by atoms with Crippen LogP contribution in [0.2, 0.25) is 0 Å². The second-order valence-corrected chi connectivity index (χ2v) is 4.33. The first-order valence-electron chi connectivity index (χ1n) is 6.07. The molecule has 0 aliphatic heterocycles. The van der Waals surface area contributed by atoms with Crippen molar-refractivity contribution in [3.63, 3.8) is 0 Å². The van der Waals surface area contributed by atoms with E-state index in [4.69, 9.17) is 4.74 Å². The molecular weight excluding hydrogens is 200 g/mol. The number of rotatable bonds is 4. The summed E-state index contributed by atoms with van der Waals surface area (Å²) in [6.45, 7) is 2.63. The van der Waals surface area contributed by atoms with E-state index in [2.05, 4.69) is 6.07 Å². The van der Waals surface area contributed by atoms with Gasteiger partial charge in [-0.1, -0.05) is 25.0 Å². The molecule has 1 aliphatic carbocycles. The summed E-state index contributed by atoms with van der Waals surface area (Å²) in [7, 11) is 0. The van der Waals surface area contributed by atoms with Crippen molar-refractivity contribution in [2.75, 3.05) is 6.61 Å².